The molecule has 0 aromatic heterocycles. The molecule has 1 heterocycles. The molecule has 27 heavy (non-hydrogen) atoms. The van der Waals surface area contributed by atoms with Gasteiger partial charge in [-0.1, -0.05) is 30.3 Å². The quantitative estimate of drug-likeness (QED) is 0.570. The van der Waals surface area contributed by atoms with Gasteiger partial charge in [-0.05, 0) is 56.0 Å². The van der Waals surface area contributed by atoms with Crippen LogP contribution in [0.3, 0.4) is 0 Å². The van der Waals surface area contributed by atoms with Crippen LogP contribution in [0, 0.1) is 16.0 Å². The Hall–Kier alpha value is -2.44. The molecule has 6 nitrogen and oxygen atoms in total. The second-order valence-electron chi connectivity index (χ2n) is 7.15. The first-order valence-electron chi connectivity index (χ1n) is 9.42. The molecule has 1 N–H and O–H groups in total. The average Bonchev–Trinajstić information content (AvgIpc) is 2.69. The van der Waals surface area contributed by atoms with E-state index in [4.69, 9.17) is 4.74 Å². The van der Waals surface area contributed by atoms with E-state index in [1.54, 1.807) is 12.1 Å². The summed E-state index contributed by atoms with van der Waals surface area (Å²) in [5, 5.41) is 20.9. The molecule has 0 spiro atoms. The number of likely N-dealkylation sites (tertiary alicyclic amines) is 1. The zero-order valence-electron chi connectivity index (χ0n) is 15.4. The molecular formula is C21H26N2O4. The molecule has 0 saturated carbocycles. The number of piperidine rings is 1. The van der Waals surface area contributed by atoms with Gasteiger partial charge in [0, 0.05) is 18.7 Å². The lowest BCUT2D eigenvalue weighted by Gasteiger charge is -2.33. The Kier molecular flexibility index (Phi) is 6.79. The highest BCUT2D eigenvalue weighted by Gasteiger charge is 2.21. The number of nitro groups is 1. The molecule has 1 aliphatic rings. The van der Waals surface area contributed by atoms with Crippen molar-refractivity contribution in [3.05, 3.63) is 70.3 Å². The first-order chi connectivity index (χ1) is 13.1. The molecular weight excluding hydrogens is 344 g/mol. The van der Waals surface area contributed by atoms with Gasteiger partial charge in [-0.25, -0.2) is 0 Å². The van der Waals surface area contributed by atoms with Crippen LogP contribution in [0.2, 0.25) is 0 Å². The summed E-state index contributed by atoms with van der Waals surface area (Å²) in [6.07, 6.45) is 2.83. The van der Waals surface area contributed by atoms with E-state index in [9.17, 15) is 15.2 Å². The second kappa shape index (κ2) is 9.48. The number of nitrogens with zero attached hydrogens (tertiary/aromatic N) is 2. The van der Waals surface area contributed by atoms with Gasteiger partial charge in [0.15, 0.2) is 0 Å². The summed E-state index contributed by atoms with van der Waals surface area (Å²) in [4.78, 5) is 12.5. The van der Waals surface area contributed by atoms with Crippen molar-refractivity contribution >= 4 is 5.69 Å². The summed E-state index contributed by atoms with van der Waals surface area (Å²) >= 11 is 0. The Morgan fingerprint density at radius 3 is 2.41 bits per heavy atom. The van der Waals surface area contributed by atoms with Crippen LogP contribution in [-0.4, -0.2) is 47.3 Å². The van der Waals surface area contributed by atoms with Crippen LogP contribution in [-0.2, 0) is 6.42 Å². The summed E-state index contributed by atoms with van der Waals surface area (Å²) in [6, 6.07) is 16.5. The minimum Gasteiger partial charge on any atom is -0.491 e. The molecule has 144 valence electrons. The predicted molar refractivity (Wildman–Crippen MR) is 104 cm³/mol. The lowest BCUT2D eigenvalue weighted by atomic mass is 9.90. The zero-order valence-corrected chi connectivity index (χ0v) is 15.4. The molecule has 1 atom stereocenters. The molecule has 1 unspecified atom stereocenters. The van der Waals surface area contributed by atoms with E-state index < -0.39 is 11.0 Å². The van der Waals surface area contributed by atoms with Crippen LogP contribution >= 0.6 is 0 Å². The maximum Gasteiger partial charge on any atom is 0.269 e. The van der Waals surface area contributed by atoms with Gasteiger partial charge in [-0.15, -0.1) is 0 Å². The Bertz CT molecular complexity index is 713. The Labute approximate surface area is 159 Å². The number of rotatable bonds is 8. The van der Waals surface area contributed by atoms with Gasteiger partial charge in [0.05, 0.1) is 4.92 Å². The van der Waals surface area contributed by atoms with E-state index in [-0.39, 0.29) is 12.3 Å². The van der Waals surface area contributed by atoms with Crippen molar-refractivity contribution in [2.24, 2.45) is 5.92 Å². The van der Waals surface area contributed by atoms with Gasteiger partial charge in [0.1, 0.15) is 18.5 Å². The number of hydrogen-bond acceptors (Lipinski definition) is 5. The van der Waals surface area contributed by atoms with Crippen molar-refractivity contribution in [2.75, 3.05) is 26.2 Å². The van der Waals surface area contributed by atoms with Crippen LogP contribution in [0.1, 0.15) is 18.4 Å². The number of aliphatic hydroxyl groups is 1. The fourth-order valence-electron chi connectivity index (χ4n) is 3.53. The minimum absolute atomic E-state index is 0.0290. The highest BCUT2D eigenvalue weighted by molar-refractivity contribution is 5.35. The SMILES string of the molecule is O=[N+]([O-])c1ccc(OCC(O)CN2CCC(Cc3ccccc3)CC2)cc1. The van der Waals surface area contributed by atoms with Gasteiger partial charge >= 0.3 is 0 Å². The van der Waals surface area contributed by atoms with Crippen LogP contribution in [0.25, 0.3) is 0 Å². The number of ether oxygens (including phenoxy) is 1. The highest BCUT2D eigenvalue weighted by Crippen LogP contribution is 2.22. The summed E-state index contributed by atoms with van der Waals surface area (Å²) in [5.41, 5.74) is 1.42. The lowest BCUT2D eigenvalue weighted by Crippen LogP contribution is -2.41. The van der Waals surface area contributed by atoms with Crippen molar-refractivity contribution in [3.63, 3.8) is 0 Å². The van der Waals surface area contributed by atoms with E-state index in [1.807, 2.05) is 6.07 Å². The van der Waals surface area contributed by atoms with E-state index in [0.29, 0.717) is 18.2 Å². The van der Waals surface area contributed by atoms with Crippen molar-refractivity contribution in [1.82, 2.24) is 4.90 Å². The van der Waals surface area contributed by atoms with Gasteiger partial charge in [-0.3, -0.25) is 10.1 Å². The lowest BCUT2D eigenvalue weighted by molar-refractivity contribution is -0.384. The Balaban J connectivity index is 1.36. The molecule has 0 amide bonds. The summed E-state index contributed by atoms with van der Waals surface area (Å²) in [6.45, 7) is 2.75. The standard InChI is InChI=1S/C21H26N2O4/c24-20(16-27-21-8-6-19(7-9-21)23(25)26)15-22-12-10-18(11-13-22)14-17-4-2-1-3-5-17/h1-9,18,20,24H,10-16H2. The van der Waals surface area contributed by atoms with Crippen LogP contribution in [0.4, 0.5) is 5.69 Å². The van der Waals surface area contributed by atoms with Crippen LogP contribution in [0.15, 0.2) is 54.6 Å². The maximum absolute atomic E-state index is 10.6. The number of non-ortho nitro benzene ring substituents is 1. The predicted octanol–water partition coefficient (Wildman–Crippen LogP) is 3.29. The first-order valence-corrected chi connectivity index (χ1v) is 9.42. The largest absolute Gasteiger partial charge is 0.491 e. The molecule has 1 saturated heterocycles. The Morgan fingerprint density at radius 2 is 1.78 bits per heavy atom. The molecule has 1 aliphatic heterocycles. The fraction of sp³-hybridized carbons (Fsp3) is 0.429. The maximum atomic E-state index is 10.6. The van der Waals surface area contributed by atoms with Crippen LogP contribution in [0.5, 0.6) is 5.75 Å². The number of β-amino-alcohol motifs (C(OH)–C–C–N with tert-alkyl or cyclic N) is 1. The smallest absolute Gasteiger partial charge is 0.269 e. The van der Waals surface area contributed by atoms with Crippen molar-refractivity contribution in [1.29, 1.82) is 0 Å². The van der Waals surface area contributed by atoms with E-state index in [0.717, 1.165) is 32.4 Å². The third-order valence-electron chi connectivity index (χ3n) is 5.03. The first kappa shape index (κ1) is 19.3. The molecule has 2 aromatic carbocycles. The number of hydrogen-bond donors (Lipinski definition) is 1. The topological polar surface area (TPSA) is 75.8 Å². The van der Waals surface area contributed by atoms with Gasteiger partial charge in [0.25, 0.3) is 5.69 Å². The van der Waals surface area contributed by atoms with Gasteiger partial charge in [0.2, 0.25) is 0 Å². The minimum atomic E-state index is -0.578. The molecule has 0 aliphatic carbocycles. The molecule has 1 fully saturated rings. The van der Waals surface area contributed by atoms with E-state index in [1.165, 1.54) is 17.7 Å². The van der Waals surface area contributed by atoms with Crippen molar-refractivity contribution < 1.29 is 14.8 Å². The van der Waals surface area contributed by atoms with Crippen molar-refractivity contribution in [2.45, 2.75) is 25.4 Å². The van der Waals surface area contributed by atoms with Crippen LogP contribution < -0.4 is 4.74 Å². The number of aliphatic hydroxyl groups excluding tert-OH is 1. The summed E-state index contributed by atoms with van der Waals surface area (Å²) in [5.74, 6) is 1.23. The van der Waals surface area contributed by atoms with E-state index in [2.05, 4.69) is 29.2 Å². The van der Waals surface area contributed by atoms with Gasteiger partial charge in [-0.2, -0.15) is 0 Å². The Morgan fingerprint density at radius 1 is 1.11 bits per heavy atom. The molecule has 3 rings (SSSR count). The number of benzene rings is 2. The highest BCUT2D eigenvalue weighted by atomic mass is 16.6. The van der Waals surface area contributed by atoms with Gasteiger partial charge < -0.3 is 14.7 Å². The zero-order chi connectivity index (χ0) is 19.1. The third-order valence-corrected chi connectivity index (χ3v) is 5.03. The average molecular weight is 370 g/mol. The fourth-order valence-corrected chi connectivity index (χ4v) is 3.53. The normalized spacial score (nSPS) is 16.8. The molecule has 0 bridgehead atoms. The summed E-state index contributed by atoms with van der Waals surface area (Å²) in [7, 11) is 0. The molecule has 6 heteroatoms. The third kappa shape index (κ3) is 6.05. The molecule has 0 radical (unpaired) electrons. The summed E-state index contributed by atoms with van der Waals surface area (Å²) < 4.78 is 5.54. The number of nitro benzene ring substituents is 1. The molecule has 2 aromatic rings. The monoisotopic (exact) mass is 370 g/mol. The van der Waals surface area contributed by atoms with E-state index >= 15 is 0 Å². The van der Waals surface area contributed by atoms with Crippen molar-refractivity contribution in [3.8, 4) is 5.75 Å². The second-order valence-corrected chi connectivity index (χ2v) is 7.15.